The number of amides is 1. The summed E-state index contributed by atoms with van der Waals surface area (Å²) >= 11 is 0. The fourth-order valence-corrected chi connectivity index (χ4v) is 3.23. The Morgan fingerprint density at radius 2 is 2.00 bits per heavy atom. The zero-order valence-electron chi connectivity index (χ0n) is 16.9. The molecule has 1 aromatic carbocycles. The van der Waals surface area contributed by atoms with Crippen LogP contribution in [0.2, 0.25) is 0 Å². The summed E-state index contributed by atoms with van der Waals surface area (Å²) in [6.45, 7) is 5.82. The fraction of sp³-hybridized carbons (Fsp3) is 0.500. The molecule has 0 saturated carbocycles. The second-order valence-corrected chi connectivity index (χ2v) is 6.73. The molecule has 1 amide bonds. The topological polar surface area (TPSA) is 106 Å². The van der Waals surface area contributed by atoms with Crippen molar-refractivity contribution < 1.29 is 28.6 Å². The molecule has 9 nitrogen and oxygen atoms in total. The van der Waals surface area contributed by atoms with Crippen LogP contribution >= 0.6 is 0 Å². The molecule has 0 aliphatic carbocycles. The Morgan fingerprint density at radius 3 is 2.66 bits per heavy atom. The maximum atomic E-state index is 12.9. The van der Waals surface area contributed by atoms with Gasteiger partial charge < -0.3 is 29.2 Å². The molecule has 2 N–H and O–H groups in total. The molecule has 1 aromatic heterocycles. The molecule has 9 heteroatoms. The zero-order chi connectivity index (χ0) is 20.8. The summed E-state index contributed by atoms with van der Waals surface area (Å²) in [5, 5.41) is 17.0. The van der Waals surface area contributed by atoms with Gasteiger partial charge in [0.05, 0.1) is 27.4 Å². The maximum absolute atomic E-state index is 12.9. The number of morpholine rings is 1. The molecule has 158 valence electrons. The van der Waals surface area contributed by atoms with Gasteiger partial charge in [-0.3, -0.25) is 9.69 Å². The van der Waals surface area contributed by atoms with Crippen LogP contribution in [0.1, 0.15) is 29.1 Å². The lowest BCUT2D eigenvalue weighted by molar-refractivity contribution is 0.0383. The highest BCUT2D eigenvalue weighted by Gasteiger charge is 2.27. The van der Waals surface area contributed by atoms with Gasteiger partial charge in [0.15, 0.2) is 17.3 Å². The lowest BCUT2D eigenvalue weighted by Crippen LogP contribution is -2.41. The summed E-state index contributed by atoms with van der Waals surface area (Å²) in [4.78, 5) is 15.1. The lowest BCUT2D eigenvalue weighted by Gasteiger charge is -2.26. The molecule has 1 fully saturated rings. The van der Waals surface area contributed by atoms with E-state index >= 15 is 0 Å². The standard InChI is InChI=1S/C20H27N3O6/c1-13(24)19-17(20(25)21-6-7-23-8-10-28-11-9-23)18(22-29-19)14-4-5-15(26-2)16(12-14)27-3/h4-5,12-13,24H,6-11H2,1-3H3,(H,21,25). The van der Waals surface area contributed by atoms with E-state index < -0.39 is 6.10 Å². The smallest absolute Gasteiger partial charge is 0.257 e. The first-order valence-electron chi connectivity index (χ1n) is 9.53. The van der Waals surface area contributed by atoms with Gasteiger partial charge in [-0.1, -0.05) is 5.16 Å². The average Bonchev–Trinajstić information content (AvgIpc) is 3.19. The Balaban J connectivity index is 1.81. The quantitative estimate of drug-likeness (QED) is 0.680. The maximum Gasteiger partial charge on any atom is 0.257 e. The number of nitrogens with zero attached hydrogens (tertiary/aromatic N) is 2. The van der Waals surface area contributed by atoms with E-state index in [4.69, 9.17) is 18.7 Å². The highest BCUT2D eigenvalue weighted by Crippen LogP contribution is 2.35. The van der Waals surface area contributed by atoms with Crippen LogP contribution in [0.4, 0.5) is 0 Å². The van der Waals surface area contributed by atoms with E-state index in [9.17, 15) is 9.90 Å². The SMILES string of the molecule is COc1ccc(-c2noc(C(C)O)c2C(=O)NCCN2CCOCC2)cc1OC. The molecule has 3 rings (SSSR count). The number of methoxy groups -OCH3 is 2. The van der Waals surface area contributed by atoms with Crippen LogP contribution in [0.3, 0.4) is 0 Å². The van der Waals surface area contributed by atoms with Crippen molar-refractivity contribution in [1.82, 2.24) is 15.4 Å². The van der Waals surface area contributed by atoms with Crippen LogP contribution in [0.25, 0.3) is 11.3 Å². The van der Waals surface area contributed by atoms with Crippen LogP contribution in [-0.4, -0.2) is 74.7 Å². The van der Waals surface area contributed by atoms with Crippen molar-refractivity contribution in [2.75, 3.05) is 53.6 Å². The minimum absolute atomic E-state index is 0.124. The van der Waals surface area contributed by atoms with Gasteiger partial charge in [0, 0.05) is 31.7 Å². The van der Waals surface area contributed by atoms with Crippen molar-refractivity contribution in [2.45, 2.75) is 13.0 Å². The van der Waals surface area contributed by atoms with Gasteiger partial charge in [-0.05, 0) is 25.1 Å². The van der Waals surface area contributed by atoms with Gasteiger partial charge in [0.25, 0.3) is 5.91 Å². The van der Waals surface area contributed by atoms with Gasteiger partial charge in [-0.15, -0.1) is 0 Å². The van der Waals surface area contributed by atoms with E-state index in [2.05, 4.69) is 15.4 Å². The predicted octanol–water partition coefficient (Wildman–Crippen LogP) is 1.47. The molecular weight excluding hydrogens is 378 g/mol. The van der Waals surface area contributed by atoms with E-state index in [-0.39, 0.29) is 17.2 Å². The number of rotatable bonds is 8. The fourth-order valence-electron chi connectivity index (χ4n) is 3.23. The van der Waals surface area contributed by atoms with Crippen molar-refractivity contribution >= 4 is 5.91 Å². The Labute approximate surface area is 169 Å². The number of ether oxygens (including phenoxy) is 3. The van der Waals surface area contributed by atoms with E-state index in [1.807, 2.05) is 0 Å². The van der Waals surface area contributed by atoms with E-state index in [0.717, 1.165) is 19.6 Å². The molecule has 1 unspecified atom stereocenters. The summed E-state index contributed by atoms with van der Waals surface area (Å²) in [7, 11) is 3.08. The molecule has 0 bridgehead atoms. The van der Waals surface area contributed by atoms with Crippen LogP contribution < -0.4 is 14.8 Å². The van der Waals surface area contributed by atoms with Crippen LogP contribution in [0, 0.1) is 0 Å². The number of benzene rings is 1. The molecule has 29 heavy (non-hydrogen) atoms. The summed E-state index contributed by atoms with van der Waals surface area (Å²) in [5.74, 6) is 0.844. The summed E-state index contributed by atoms with van der Waals surface area (Å²) in [6, 6.07) is 5.20. The highest BCUT2D eigenvalue weighted by atomic mass is 16.5. The van der Waals surface area contributed by atoms with Crippen molar-refractivity contribution in [2.24, 2.45) is 0 Å². The molecular formula is C20H27N3O6. The van der Waals surface area contributed by atoms with Crippen LogP contribution in [-0.2, 0) is 4.74 Å². The molecule has 1 atom stereocenters. The van der Waals surface area contributed by atoms with Crippen molar-refractivity contribution in [1.29, 1.82) is 0 Å². The zero-order valence-corrected chi connectivity index (χ0v) is 16.9. The molecule has 1 aliphatic heterocycles. The Hall–Kier alpha value is -2.62. The number of hydrogen-bond donors (Lipinski definition) is 2. The number of aliphatic hydroxyl groups excluding tert-OH is 1. The third-order valence-corrected chi connectivity index (χ3v) is 4.80. The normalized spacial score (nSPS) is 15.7. The minimum Gasteiger partial charge on any atom is -0.493 e. The van der Waals surface area contributed by atoms with Crippen molar-refractivity contribution in [3.63, 3.8) is 0 Å². The predicted molar refractivity (Wildman–Crippen MR) is 105 cm³/mol. The first-order valence-corrected chi connectivity index (χ1v) is 9.53. The summed E-state index contributed by atoms with van der Waals surface area (Å²) in [5.41, 5.74) is 1.18. The van der Waals surface area contributed by atoms with Gasteiger partial charge >= 0.3 is 0 Å². The molecule has 0 radical (unpaired) electrons. The number of aliphatic hydroxyl groups is 1. The Morgan fingerprint density at radius 1 is 1.28 bits per heavy atom. The third-order valence-electron chi connectivity index (χ3n) is 4.80. The van der Waals surface area contributed by atoms with Crippen LogP contribution in [0.15, 0.2) is 22.7 Å². The average molecular weight is 405 g/mol. The lowest BCUT2D eigenvalue weighted by atomic mass is 10.0. The number of hydrogen-bond acceptors (Lipinski definition) is 8. The largest absolute Gasteiger partial charge is 0.493 e. The molecule has 0 spiro atoms. The van der Waals surface area contributed by atoms with E-state index in [0.29, 0.717) is 42.5 Å². The van der Waals surface area contributed by atoms with Crippen molar-refractivity contribution in [3.8, 4) is 22.8 Å². The monoisotopic (exact) mass is 405 g/mol. The van der Waals surface area contributed by atoms with Gasteiger partial charge in [0.1, 0.15) is 17.4 Å². The molecule has 2 heterocycles. The first-order chi connectivity index (χ1) is 14.0. The highest BCUT2D eigenvalue weighted by molar-refractivity contribution is 6.01. The second kappa shape index (κ2) is 9.73. The van der Waals surface area contributed by atoms with Gasteiger partial charge in [0.2, 0.25) is 0 Å². The van der Waals surface area contributed by atoms with Gasteiger partial charge in [-0.25, -0.2) is 0 Å². The summed E-state index contributed by atoms with van der Waals surface area (Å²) in [6.07, 6.45) is -0.976. The van der Waals surface area contributed by atoms with E-state index in [1.54, 1.807) is 25.3 Å². The number of aromatic nitrogens is 1. The number of carbonyl (C=O) groups excluding carboxylic acids is 1. The first kappa shape index (κ1) is 21.1. The Kier molecular flexibility index (Phi) is 7.08. The molecule has 1 saturated heterocycles. The number of nitrogens with one attached hydrogen (secondary N) is 1. The third kappa shape index (κ3) is 4.87. The van der Waals surface area contributed by atoms with E-state index in [1.165, 1.54) is 14.0 Å². The minimum atomic E-state index is -0.976. The van der Waals surface area contributed by atoms with Crippen molar-refractivity contribution in [3.05, 3.63) is 29.5 Å². The van der Waals surface area contributed by atoms with Gasteiger partial charge in [-0.2, -0.15) is 0 Å². The Bertz CT molecular complexity index is 830. The molecule has 1 aliphatic rings. The summed E-state index contributed by atoms with van der Waals surface area (Å²) < 4.78 is 21.2. The number of carbonyl (C=O) groups is 1. The second-order valence-electron chi connectivity index (χ2n) is 6.73. The van der Waals surface area contributed by atoms with Crippen LogP contribution in [0.5, 0.6) is 11.5 Å². The molecule has 2 aromatic rings.